The van der Waals surface area contributed by atoms with Gasteiger partial charge in [0.25, 0.3) is 0 Å². The highest BCUT2D eigenvalue weighted by molar-refractivity contribution is 5.77. The molecule has 0 spiro atoms. The van der Waals surface area contributed by atoms with E-state index in [0.29, 0.717) is 11.5 Å². The molecule has 5 heteroatoms. The molecule has 0 atom stereocenters. The van der Waals surface area contributed by atoms with Crippen LogP contribution >= 0.6 is 0 Å². The van der Waals surface area contributed by atoms with Crippen LogP contribution in [0.1, 0.15) is 5.56 Å². The Hall–Kier alpha value is -2.56. The van der Waals surface area contributed by atoms with Gasteiger partial charge in [-0.3, -0.25) is 0 Å². The number of ether oxygens (including phenoxy) is 1. The highest BCUT2D eigenvalue weighted by Gasteiger charge is 2.09. The number of pyridine rings is 1. The molecule has 0 aliphatic heterocycles. The fourth-order valence-corrected chi connectivity index (χ4v) is 2.07. The van der Waals surface area contributed by atoms with E-state index in [2.05, 4.69) is 15.0 Å². The fourth-order valence-electron chi connectivity index (χ4n) is 2.07. The van der Waals surface area contributed by atoms with Crippen LogP contribution in [-0.2, 0) is 0 Å². The number of anilines is 1. The number of aromatic nitrogens is 3. The van der Waals surface area contributed by atoms with Gasteiger partial charge in [0.1, 0.15) is 5.82 Å². The number of H-pyrrole nitrogens is 1. The number of nitrogens with two attached hydrogens (primary N) is 1. The fraction of sp³-hybridized carbons (Fsp3) is 0.143. The number of nitrogens with one attached hydrogen (secondary N) is 1. The van der Waals surface area contributed by atoms with Gasteiger partial charge in [-0.05, 0) is 36.8 Å². The molecule has 96 valence electrons. The summed E-state index contributed by atoms with van der Waals surface area (Å²) in [6.45, 7) is 2.01. The first-order chi connectivity index (χ1) is 9.17. The molecule has 1 aromatic carbocycles. The topological polar surface area (TPSA) is 76.8 Å². The molecule has 0 aliphatic rings. The number of benzene rings is 1. The zero-order chi connectivity index (χ0) is 13.4. The Balaban J connectivity index is 2.14. The molecule has 0 bridgehead atoms. The normalized spacial score (nSPS) is 10.8. The van der Waals surface area contributed by atoms with Gasteiger partial charge >= 0.3 is 0 Å². The first-order valence-electron chi connectivity index (χ1n) is 5.94. The maximum absolute atomic E-state index is 5.76. The van der Waals surface area contributed by atoms with Gasteiger partial charge in [0.15, 0.2) is 5.65 Å². The number of fused-ring (bicyclic) bond motifs is 1. The molecule has 3 rings (SSSR count). The quantitative estimate of drug-likeness (QED) is 0.689. The lowest BCUT2D eigenvalue weighted by Crippen LogP contribution is -1.89. The summed E-state index contributed by atoms with van der Waals surface area (Å²) < 4.78 is 5.10. The van der Waals surface area contributed by atoms with E-state index in [0.717, 1.165) is 28.2 Å². The minimum atomic E-state index is 0.555. The summed E-state index contributed by atoms with van der Waals surface area (Å²) in [6.07, 6.45) is 0. The van der Waals surface area contributed by atoms with Gasteiger partial charge in [0.2, 0.25) is 5.88 Å². The molecule has 0 radical (unpaired) electrons. The second-order valence-electron chi connectivity index (χ2n) is 4.38. The first-order valence-corrected chi connectivity index (χ1v) is 5.94. The third-order valence-electron chi connectivity index (χ3n) is 3.04. The van der Waals surface area contributed by atoms with Crippen molar-refractivity contribution in [1.82, 2.24) is 15.0 Å². The van der Waals surface area contributed by atoms with Gasteiger partial charge in [-0.1, -0.05) is 0 Å². The van der Waals surface area contributed by atoms with Crippen LogP contribution in [0, 0.1) is 6.92 Å². The van der Waals surface area contributed by atoms with Gasteiger partial charge in [-0.15, -0.1) is 0 Å². The predicted molar refractivity (Wildman–Crippen MR) is 75.0 cm³/mol. The van der Waals surface area contributed by atoms with Crippen LogP contribution in [0.3, 0.4) is 0 Å². The van der Waals surface area contributed by atoms with E-state index in [1.165, 1.54) is 0 Å². The van der Waals surface area contributed by atoms with Crippen LogP contribution in [0.5, 0.6) is 5.88 Å². The van der Waals surface area contributed by atoms with Crippen molar-refractivity contribution in [3.8, 4) is 17.3 Å². The third-order valence-corrected chi connectivity index (χ3v) is 3.04. The average Bonchev–Trinajstić information content (AvgIpc) is 2.80. The summed E-state index contributed by atoms with van der Waals surface area (Å²) in [6, 6.07) is 9.46. The number of nitrogens with zero attached hydrogens (tertiary/aromatic N) is 2. The molecule has 0 aliphatic carbocycles. The standard InChI is InChI=1S/C14H14N4O/c1-8-7-9(15)3-4-10(8)13-16-11-5-6-12(19-2)17-14(11)18-13/h3-7H,15H2,1-2H3,(H,16,17,18). The van der Waals surface area contributed by atoms with E-state index in [4.69, 9.17) is 10.5 Å². The number of methoxy groups -OCH3 is 1. The molecule has 19 heavy (non-hydrogen) atoms. The molecule has 3 N–H and O–H groups in total. The Morgan fingerprint density at radius 3 is 2.74 bits per heavy atom. The lowest BCUT2D eigenvalue weighted by atomic mass is 10.1. The molecule has 2 aromatic heterocycles. The molecule has 0 amide bonds. The number of imidazole rings is 1. The monoisotopic (exact) mass is 254 g/mol. The number of nitrogen functional groups attached to an aromatic ring is 1. The number of hydrogen-bond donors (Lipinski definition) is 2. The van der Waals surface area contributed by atoms with Gasteiger partial charge in [-0.25, -0.2) is 4.98 Å². The van der Waals surface area contributed by atoms with E-state index in [9.17, 15) is 0 Å². The summed E-state index contributed by atoms with van der Waals surface area (Å²) in [5.41, 5.74) is 10.1. The Bertz CT molecular complexity index is 748. The van der Waals surface area contributed by atoms with Gasteiger partial charge < -0.3 is 15.5 Å². The van der Waals surface area contributed by atoms with E-state index in [1.54, 1.807) is 13.2 Å². The minimum absolute atomic E-state index is 0.555. The maximum atomic E-state index is 5.76. The van der Waals surface area contributed by atoms with E-state index < -0.39 is 0 Å². The third kappa shape index (κ3) is 1.99. The summed E-state index contributed by atoms with van der Waals surface area (Å²) >= 11 is 0. The Labute approximate surface area is 110 Å². The van der Waals surface area contributed by atoms with Crippen LogP contribution in [0.4, 0.5) is 5.69 Å². The molecule has 3 aromatic rings. The molecular weight excluding hydrogens is 240 g/mol. The molecule has 0 saturated heterocycles. The minimum Gasteiger partial charge on any atom is -0.481 e. The van der Waals surface area contributed by atoms with Crippen LogP contribution in [-0.4, -0.2) is 22.1 Å². The largest absolute Gasteiger partial charge is 0.481 e. The van der Waals surface area contributed by atoms with Crippen molar-refractivity contribution in [2.75, 3.05) is 12.8 Å². The molecular formula is C14H14N4O. The molecule has 2 heterocycles. The summed E-state index contributed by atoms with van der Waals surface area (Å²) in [4.78, 5) is 12.0. The summed E-state index contributed by atoms with van der Waals surface area (Å²) in [7, 11) is 1.59. The van der Waals surface area contributed by atoms with Gasteiger partial charge in [0.05, 0.1) is 12.6 Å². The lowest BCUT2D eigenvalue weighted by Gasteiger charge is -2.02. The molecule has 5 nitrogen and oxygen atoms in total. The van der Waals surface area contributed by atoms with Crippen molar-refractivity contribution in [1.29, 1.82) is 0 Å². The van der Waals surface area contributed by atoms with Crippen LogP contribution < -0.4 is 10.5 Å². The van der Waals surface area contributed by atoms with Crippen molar-refractivity contribution in [3.63, 3.8) is 0 Å². The van der Waals surface area contributed by atoms with E-state index in [-0.39, 0.29) is 0 Å². The van der Waals surface area contributed by atoms with Crippen LogP contribution in [0.15, 0.2) is 30.3 Å². The number of aromatic amines is 1. The highest BCUT2D eigenvalue weighted by atomic mass is 16.5. The lowest BCUT2D eigenvalue weighted by molar-refractivity contribution is 0.399. The molecule has 0 unspecified atom stereocenters. The van der Waals surface area contributed by atoms with Crippen molar-refractivity contribution in [2.24, 2.45) is 0 Å². The molecule has 0 fully saturated rings. The second kappa shape index (κ2) is 4.28. The maximum Gasteiger partial charge on any atom is 0.215 e. The zero-order valence-corrected chi connectivity index (χ0v) is 10.8. The second-order valence-corrected chi connectivity index (χ2v) is 4.38. The molecule has 0 saturated carbocycles. The highest BCUT2D eigenvalue weighted by Crippen LogP contribution is 2.25. The average molecular weight is 254 g/mol. The Morgan fingerprint density at radius 1 is 1.16 bits per heavy atom. The SMILES string of the molecule is COc1ccc2[nH]c(-c3ccc(N)cc3C)nc2n1. The van der Waals surface area contributed by atoms with Gasteiger partial charge in [-0.2, -0.15) is 4.98 Å². The van der Waals surface area contributed by atoms with E-state index in [1.807, 2.05) is 31.2 Å². The van der Waals surface area contributed by atoms with Crippen LogP contribution in [0.25, 0.3) is 22.6 Å². The zero-order valence-electron chi connectivity index (χ0n) is 10.8. The Kier molecular flexibility index (Phi) is 2.59. The number of aryl methyl sites for hydroxylation is 1. The van der Waals surface area contributed by atoms with Crippen molar-refractivity contribution >= 4 is 16.9 Å². The van der Waals surface area contributed by atoms with Crippen molar-refractivity contribution < 1.29 is 4.74 Å². The summed E-state index contributed by atoms with van der Waals surface area (Å²) in [5.74, 6) is 1.34. The predicted octanol–water partition coefficient (Wildman–Crippen LogP) is 2.52. The van der Waals surface area contributed by atoms with Crippen LogP contribution in [0.2, 0.25) is 0 Å². The van der Waals surface area contributed by atoms with E-state index >= 15 is 0 Å². The first kappa shape index (κ1) is 11.5. The Morgan fingerprint density at radius 2 is 2.00 bits per heavy atom. The smallest absolute Gasteiger partial charge is 0.215 e. The van der Waals surface area contributed by atoms with Crippen molar-refractivity contribution in [3.05, 3.63) is 35.9 Å². The van der Waals surface area contributed by atoms with Gasteiger partial charge in [0, 0.05) is 17.3 Å². The number of hydrogen-bond acceptors (Lipinski definition) is 4. The number of rotatable bonds is 2. The summed E-state index contributed by atoms with van der Waals surface area (Å²) in [5, 5.41) is 0. The van der Waals surface area contributed by atoms with Crippen molar-refractivity contribution in [2.45, 2.75) is 6.92 Å².